The number of aliphatic carboxylic acids is 1. The van der Waals surface area contributed by atoms with E-state index in [2.05, 4.69) is 13.8 Å². The third-order valence-corrected chi connectivity index (χ3v) is 8.94. The molecule has 3 heteroatoms. The van der Waals surface area contributed by atoms with Crippen LogP contribution in [-0.2, 0) is 4.79 Å². The number of hydrogen-bond donors (Lipinski definition) is 2. The fourth-order valence-corrected chi connectivity index (χ4v) is 7.64. The molecule has 0 radical (unpaired) electrons. The Morgan fingerprint density at radius 1 is 0.913 bits per heavy atom. The van der Waals surface area contributed by atoms with Crippen LogP contribution in [0.1, 0.15) is 71.6 Å². The monoisotopic (exact) mass is 320 g/mol. The van der Waals surface area contributed by atoms with Gasteiger partial charge in [0.05, 0.1) is 12.0 Å². The molecular weight excluding hydrogens is 288 g/mol. The molecule has 3 nitrogen and oxygen atoms in total. The van der Waals surface area contributed by atoms with E-state index in [0.29, 0.717) is 17.3 Å². The van der Waals surface area contributed by atoms with E-state index in [4.69, 9.17) is 0 Å². The van der Waals surface area contributed by atoms with Crippen molar-refractivity contribution >= 4 is 5.97 Å². The van der Waals surface area contributed by atoms with Gasteiger partial charge in [-0.15, -0.1) is 0 Å². The van der Waals surface area contributed by atoms with Crippen LogP contribution in [0, 0.1) is 40.4 Å². The molecule has 0 saturated heterocycles. The highest BCUT2D eigenvalue weighted by Gasteiger charge is 2.61. The summed E-state index contributed by atoms with van der Waals surface area (Å²) in [5.74, 6) is 2.12. The summed E-state index contributed by atoms with van der Waals surface area (Å²) in [5, 5.41) is 19.7. The number of carboxylic acids is 1. The molecule has 5 unspecified atom stereocenters. The molecular formula is C20H32O3. The minimum atomic E-state index is -0.561. The van der Waals surface area contributed by atoms with Gasteiger partial charge in [0.15, 0.2) is 0 Å². The molecule has 0 heterocycles. The molecule has 8 atom stereocenters. The summed E-state index contributed by atoms with van der Waals surface area (Å²) in [7, 11) is 0. The van der Waals surface area contributed by atoms with E-state index in [-0.39, 0.29) is 17.4 Å². The molecule has 0 spiro atoms. The second kappa shape index (κ2) is 5.21. The highest BCUT2D eigenvalue weighted by molar-refractivity contribution is 5.71. The Morgan fingerprint density at radius 2 is 1.61 bits per heavy atom. The molecule has 4 rings (SSSR count). The van der Waals surface area contributed by atoms with Gasteiger partial charge in [-0.25, -0.2) is 0 Å². The van der Waals surface area contributed by atoms with Crippen LogP contribution < -0.4 is 0 Å². The maximum atomic E-state index is 11.7. The molecule has 0 amide bonds. The molecule has 4 fully saturated rings. The lowest BCUT2D eigenvalue weighted by Crippen LogP contribution is -2.54. The molecule has 0 aromatic heterocycles. The Balaban J connectivity index is 1.61. The first-order valence-electron chi connectivity index (χ1n) is 9.77. The van der Waals surface area contributed by atoms with Gasteiger partial charge in [0.1, 0.15) is 0 Å². The maximum Gasteiger partial charge on any atom is 0.307 e. The fourth-order valence-electron chi connectivity index (χ4n) is 7.64. The van der Waals surface area contributed by atoms with Crippen LogP contribution in [-0.4, -0.2) is 22.3 Å². The molecule has 4 aliphatic carbocycles. The predicted octanol–water partition coefficient (Wildman–Crippen LogP) is 4.09. The summed E-state index contributed by atoms with van der Waals surface area (Å²) in [6, 6.07) is 0. The van der Waals surface area contributed by atoms with Gasteiger partial charge in [-0.2, -0.15) is 0 Å². The Hall–Kier alpha value is -0.570. The van der Waals surface area contributed by atoms with Crippen LogP contribution in [0.15, 0.2) is 0 Å². The Bertz CT molecular complexity index is 503. The van der Waals surface area contributed by atoms with E-state index < -0.39 is 5.97 Å². The molecule has 23 heavy (non-hydrogen) atoms. The first-order valence-corrected chi connectivity index (χ1v) is 9.77. The zero-order valence-electron chi connectivity index (χ0n) is 14.6. The Labute approximate surface area is 139 Å². The third-order valence-electron chi connectivity index (χ3n) is 8.94. The Kier molecular flexibility index (Phi) is 3.61. The van der Waals surface area contributed by atoms with Crippen LogP contribution >= 0.6 is 0 Å². The summed E-state index contributed by atoms with van der Waals surface area (Å²) < 4.78 is 0. The molecule has 4 saturated carbocycles. The van der Waals surface area contributed by atoms with Gasteiger partial charge >= 0.3 is 5.97 Å². The highest BCUT2D eigenvalue weighted by Crippen LogP contribution is 2.67. The SMILES string of the molecule is C[C@]12CC[C@@H](O)CC1CCC1C2CC[C@]2(C)C(C(=O)O)CCC12. The second-order valence-corrected chi connectivity index (χ2v) is 9.60. The lowest BCUT2D eigenvalue weighted by molar-refractivity contribution is -0.154. The van der Waals surface area contributed by atoms with Crippen molar-refractivity contribution in [1.82, 2.24) is 0 Å². The van der Waals surface area contributed by atoms with E-state index in [1.165, 1.54) is 25.7 Å². The number of rotatable bonds is 1. The van der Waals surface area contributed by atoms with Crippen molar-refractivity contribution in [2.45, 2.75) is 77.7 Å². The zero-order chi connectivity index (χ0) is 16.4. The van der Waals surface area contributed by atoms with Crippen molar-refractivity contribution in [3.05, 3.63) is 0 Å². The Morgan fingerprint density at radius 3 is 2.35 bits per heavy atom. The maximum absolute atomic E-state index is 11.7. The second-order valence-electron chi connectivity index (χ2n) is 9.60. The molecule has 4 aliphatic rings. The van der Waals surface area contributed by atoms with Gasteiger partial charge in [0, 0.05) is 0 Å². The minimum absolute atomic E-state index is 0.0321. The summed E-state index contributed by atoms with van der Waals surface area (Å²) >= 11 is 0. The van der Waals surface area contributed by atoms with Crippen LogP contribution in [0.5, 0.6) is 0 Å². The predicted molar refractivity (Wildman–Crippen MR) is 88.9 cm³/mol. The van der Waals surface area contributed by atoms with Gasteiger partial charge in [-0.3, -0.25) is 4.79 Å². The van der Waals surface area contributed by atoms with Crippen LogP contribution in [0.25, 0.3) is 0 Å². The van der Waals surface area contributed by atoms with Crippen molar-refractivity contribution in [2.75, 3.05) is 0 Å². The summed E-state index contributed by atoms with van der Waals surface area (Å²) in [4.78, 5) is 11.7. The van der Waals surface area contributed by atoms with Gasteiger partial charge in [0.2, 0.25) is 0 Å². The number of aliphatic hydroxyl groups excluding tert-OH is 1. The third kappa shape index (κ3) is 2.14. The van der Waals surface area contributed by atoms with E-state index >= 15 is 0 Å². The highest BCUT2D eigenvalue weighted by atomic mass is 16.4. The minimum Gasteiger partial charge on any atom is -0.481 e. The number of fused-ring (bicyclic) bond motifs is 5. The zero-order valence-corrected chi connectivity index (χ0v) is 14.6. The number of aliphatic hydroxyl groups is 1. The quantitative estimate of drug-likeness (QED) is 0.765. The lowest BCUT2D eigenvalue weighted by Gasteiger charge is -2.60. The van der Waals surface area contributed by atoms with Crippen molar-refractivity contribution in [1.29, 1.82) is 0 Å². The topological polar surface area (TPSA) is 57.5 Å². The van der Waals surface area contributed by atoms with Gasteiger partial charge in [0.25, 0.3) is 0 Å². The average molecular weight is 320 g/mol. The first-order chi connectivity index (χ1) is 10.9. The lowest BCUT2D eigenvalue weighted by atomic mass is 9.44. The summed E-state index contributed by atoms with van der Waals surface area (Å²) in [6.45, 7) is 4.77. The largest absolute Gasteiger partial charge is 0.481 e. The molecule has 0 bridgehead atoms. The average Bonchev–Trinajstić information content (AvgIpc) is 2.85. The molecule has 0 aromatic carbocycles. The number of carboxylic acid groups (broad SMARTS) is 1. The normalized spacial score (nSPS) is 55.6. The van der Waals surface area contributed by atoms with Crippen molar-refractivity contribution in [2.24, 2.45) is 40.4 Å². The molecule has 2 N–H and O–H groups in total. The molecule has 130 valence electrons. The van der Waals surface area contributed by atoms with Crippen molar-refractivity contribution in [3.63, 3.8) is 0 Å². The van der Waals surface area contributed by atoms with E-state index in [9.17, 15) is 15.0 Å². The number of hydrogen-bond acceptors (Lipinski definition) is 2. The summed E-state index contributed by atoms with van der Waals surface area (Å²) in [5.41, 5.74) is 0.426. The standard InChI is InChI=1S/C20H32O3/c1-19-9-7-13(21)11-12(19)3-4-14-15-5-6-17(18(22)23)20(15,2)10-8-16(14)19/h12-17,21H,3-11H2,1-2H3,(H,22,23)/t12?,13-,14?,15?,16?,17?,19+,20+/m1/s1. The van der Waals surface area contributed by atoms with E-state index in [1.807, 2.05) is 0 Å². The fraction of sp³-hybridized carbons (Fsp3) is 0.950. The first kappa shape index (κ1) is 15.9. The van der Waals surface area contributed by atoms with Crippen molar-refractivity contribution in [3.8, 4) is 0 Å². The van der Waals surface area contributed by atoms with Crippen molar-refractivity contribution < 1.29 is 15.0 Å². The van der Waals surface area contributed by atoms with Crippen LogP contribution in [0.2, 0.25) is 0 Å². The van der Waals surface area contributed by atoms with Crippen LogP contribution in [0.3, 0.4) is 0 Å². The smallest absolute Gasteiger partial charge is 0.307 e. The van der Waals surface area contributed by atoms with Crippen LogP contribution in [0.4, 0.5) is 0 Å². The van der Waals surface area contributed by atoms with Gasteiger partial charge < -0.3 is 10.2 Å². The molecule has 0 aromatic rings. The van der Waals surface area contributed by atoms with Gasteiger partial charge in [-0.1, -0.05) is 13.8 Å². The number of carbonyl (C=O) groups is 1. The summed E-state index contributed by atoms with van der Waals surface area (Å²) in [6.07, 6.45) is 9.90. The molecule has 0 aliphatic heterocycles. The van der Waals surface area contributed by atoms with E-state index in [1.54, 1.807) is 0 Å². The van der Waals surface area contributed by atoms with E-state index in [0.717, 1.165) is 43.9 Å². The van der Waals surface area contributed by atoms with Gasteiger partial charge in [-0.05, 0) is 92.3 Å².